The molecule has 1 aromatic rings. The minimum Gasteiger partial charge on any atom is -0.313 e. The van der Waals surface area contributed by atoms with Crippen LogP contribution in [0.3, 0.4) is 0 Å². The lowest BCUT2D eigenvalue weighted by molar-refractivity contribution is 0.130. The highest BCUT2D eigenvalue weighted by Gasteiger charge is 2.23. The molecule has 0 bridgehead atoms. The maximum absolute atomic E-state index is 3.61. The summed E-state index contributed by atoms with van der Waals surface area (Å²) < 4.78 is 0. The number of nitrogens with zero attached hydrogens (tertiary/aromatic N) is 1. The normalized spacial score (nSPS) is 13.7. The van der Waals surface area contributed by atoms with E-state index in [1.54, 1.807) is 0 Å². The summed E-state index contributed by atoms with van der Waals surface area (Å²) in [6, 6.07) is 12.4. The molecule has 0 heterocycles. The lowest BCUT2D eigenvalue weighted by Gasteiger charge is -2.37. The zero-order valence-corrected chi connectivity index (χ0v) is 14.1. The summed E-state index contributed by atoms with van der Waals surface area (Å²) >= 11 is 0. The Morgan fingerprint density at radius 3 is 2.00 bits per heavy atom. The van der Waals surface area contributed by atoms with Gasteiger partial charge in [-0.3, -0.25) is 4.90 Å². The Kier molecular flexibility index (Phi) is 7.25. The molecule has 1 atom stereocenters. The number of nitrogens with one attached hydrogen (secondary N) is 1. The Balaban J connectivity index is 2.94. The molecule has 2 nitrogen and oxygen atoms in total. The summed E-state index contributed by atoms with van der Waals surface area (Å²) in [6.45, 7) is 15.8. The van der Waals surface area contributed by atoms with Crippen molar-refractivity contribution >= 4 is 0 Å². The first kappa shape index (κ1) is 17.2. The molecule has 0 aliphatic rings. The van der Waals surface area contributed by atoms with Crippen LogP contribution >= 0.6 is 0 Å². The molecule has 2 heteroatoms. The summed E-state index contributed by atoms with van der Waals surface area (Å²) in [5.41, 5.74) is 1.41. The molecule has 0 spiro atoms. The summed E-state index contributed by atoms with van der Waals surface area (Å²) in [5, 5.41) is 3.61. The van der Waals surface area contributed by atoms with Crippen molar-refractivity contribution in [1.82, 2.24) is 10.2 Å². The van der Waals surface area contributed by atoms with Crippen LogP contribution in [0.5, 0.6) is 0 Å². The molecule has 1 rings (SSSR count). The Hall–Kier alpha value is -0.860. The Labute approximate surface area is 125 Å². The van der Waals surface area contributed by atoms with Gasteiger partial charge in [0, 0.05) is 31.2 Å². The molecule has 0 fully saturated rings. The van der Waals surface area contributed by atoms with E-state index in [2.05, 4.69) is 82.1 Å². The third kappa shape index (κ3) is 5.64. The maximum atomic E-state index is 3.61. The zero-order chi connectivity index (χ0) is 15.1. The van der Waals surface area contributed by atoms with E-state index in [0.717, 1.165) is 13.1 Å². The van der Waals surface area contributed by atoms with E-state index in [1.807, 2.05) is 0 Å². The highest BCUT2D eigenvalue weighted by Crippen LogP contribution is 2.23. The summed E-state index contributed by atoms with van der Waals surface area (Å²) in [6.07, 6.45) is 0. The Bertz CT molecular complexity index is 357. The largest absolute Gasteiger partial charge is 0.313 e. The molecule has 1 aromatic carbocycles. The van der Waals surface area contributed by atoms with Crippen LogP contribution in [0.2, 0.25) is 0 Å². The van der Waals surface area contributed by atoms with Gasteiger partial charge < -0.3 is 5.32 Å². The quantitative estimate of drug-likeness (QED) is 0.769. The van der Waals surface area contributed by atoms with E-state index in [-0.39, 0.29) is 0 Å². The highest BCUT2D eigenvalue weighted by atomic mass is 15.2. The van der Waals surface area contributed by atoms with Crippen molar-refractivity contribution < 1.29 is 0 Å². The molecule has 0 amide bonds. The van der Waals surface area contributed by atoms with Gasteiger partial charge in [0.1, 0.15) is 0 Å². The zero-order valence-electron chi connectivity index (χ0n) is 14.1. The summed E-state index contributed by atoms with van der Waals surface area (Å²) in [4.78, 5) is 2.62. The number of benzene rings is 1. The lowest BCUT2D eigenvalue weighted by atomic mass is 10.0. The van der Waals surface area contributed by atoms with Gasteiger partial charge in [-0.25, -0.2) is 0 Å². The van der Waals surface area contributed by atoms with Crippen LogP contribution in [0, 0.1) is 5.92 Å². The molecule has 0 aliphatic heterocycles. The van der Waals surface area contributed by atoms with Gasteiger partial charge >= 0.3 is 0 Å². The minimum absolute atomic E-state index is 0.445. The van der Waals surface area contributed by atoms with E-state index >= 15 is 0 Å². The van der Waals surface area contributed by atoms with Crippen LogP contribution in [0.1, 0.15) is 53.1 Å². The molecule has 0 aliphatic carbocycles. The smallest absolute Gasteiger partial charge is 0.0475 e. The fourth-order valence-corrected chi connectivity index (χ4v) is 2.57. The molecular formula is C18H32N2. The van der Waals surface area contributed by atoms with Gasteiger partial charge in [-0.15, -0.1) is 0 Å². The first-order valence-electron chi connectivity index (χ1n) is 7.95. The van der Waals surface area contributed by atoms with Gasteiger partial charge in [0.2, 0.25) is 0 Å². The van der Waals surface area contributed by atoms with Gasteiger partial charge in [0.25, 0.3) is 0 Å². The predicted octanol–water partition coefficient (Wildman–Crippen LogP) is 4.09. The van der Waals surface area contributed by atoms with E-state index in [9.17, 15) is 0 Å². The topological polar surface area (TPSA) is 15.3 Å². The van der Waals surface area contributed by atoms with Crippen molar-refractivity contribution in [3.05, 3.63) is 35.9 Å². The van der Waals surface area contributed by atoms with Crippen LogP contribution in [-0.4, -0.2) is 30.1 Å². The monoisotopic (exact) mass is 276 g/mol. The van der Waals surface area contributed by atoms with E-state index in [0.29, 0.717) is 24.0 Å². The van der Waals surface area contributed by atoms with Crippen LogP contribution in [0.4, 0.5) is 0 Å². The molecule has 1 unspecified atom stereocenters. The van der Waals surface area contributed by atoms with E-state index in [4.69, 9.17) is 0 Å². The molecule has 20 heavy (non-hydrogen) atoms. The van der Waals surface area contributed by atoms with Crippen LogP contribution in [0.25, 0.3) is 0 Å². The van der Waals surface area contributed by atoms with E-state index < -0.39 is 0 Å². The molecule has 0 aromatic heterocycles. The van der Waals surface area contributed by atoms with Crippen molar-refractivity contribution in [3.63, 3.8) is 0 Å². The van der Waals surface area contributed by atoms with Crippen LogP contribution in [-0.2, 0) is 0 Å². The average molecular weight is 276 g/mol. The standard InChI is InChI=1S/C18H32N2/c1-14(2)13-20(16(5)6)18(12-19-15(3)4)17-10-8-7-9-11-17/h7-11,14-16,18-19H,12-13H2,1-6H3. The van der Waals surface area contributed by atoms with Gasteiger partial charge in [0.05, 0.1) is 0 Å². The van der Waals surface area contributed by atoms with Crippen molar-refractivity contribution in [3.8, 4) is 0 Å². The van der Waals surface area contributed by atoms with Gasteiger partial charge in [0.15, 0.2) is 0 Å². The minimum atomic E-state index is 0.445. The number of rotatable bonds is 8. The first-order valence-corrected chi connectivity index (χ1v) is 7.95. The molecule has 1 N–H and O–H groups in total. The molecule has 114 valence electrons. The SMILES string of the molecule is CC(C)CN(C(C)C)C(CNC(C)C)c1ccccc1. The first-order chi connectivity index (χ1) is 9.41. The Morgan fingerprint density at radius 2 is 1.55 bits per heavy atom. The van der Waals surface area contributed by atoms with Crippen molar-refractivity contribution in [2.45, 2.75) is 59.7 Å². The maximum Gasteiger partial charge on any atom is 0.0475 e. The van der Waals surface area contributed by atoms with Crippen molar-refractivity contribution in [1.29, 1.82) is 0 Å². The average Bonchev–Trinajstić information content (AvgIpc) is 2.38. The van der Waals surface area contributed by atoms with Gasteiger partial charge in [-0.1, -0.05) is 58.0 Å². The Morgan fingerprint density at radius 1 is 0.950 bits per heavy atom. The molecule has 0 saturated heterocycles. The second-order valence-corrected chi connectivity index (χ2v) is 6.67. The molecule has 0 radical (unpaired) electrons. The van der Waals surface area contributed by atoms with Gasteiger partial charge in [-0.2, -0.15) is 0 Å². The van der Waals surface area contributed by atoms with E-state index in [1.165, 1.54) is 5.56 Å². The van der Waals surface area contributed by atoms with Crippen LogP contribution in [0.15, 0.2) is 30.3 Å². The second kappa shape index (κ2) is 8.43. The molecule has 0 saturated carbocycles. The third-order valence-corrected chi connectivity index (χ3v) is 3.54. The summed E-state index contributed by atoms with van der Waals surface area (Å²) in [5.74, 6) is 0.683. The molecular weight excluding hydrogens is 244 g/mol. The fraction of sp³-hybridized carbons (Fsp3) is 0.667. The fourth-order valence-electron chi connectivity index (χ4n) is 2.57. The number of hydrogen-bond acceptors (Lipinski definition) is 2. The predicted molar refractivity (Wildman–Crippen MR) is 89.0 cm³/mol. The number of hydrogen-bond donors (Lipinski definition) is 1. The third-order valence-electron chi connectivity index (χ3n) is 3.54. The van der Waals surface area contributed by atoms with Crippen LogP contribution < -0.4 is 5.32 Å². The lowest BCUT2D eigenvalue weighted by Crippen LogP contribution is -2.43. The second-order valence-electron chi connectivity index (χ2n) is 6.67. The highest BCUT2D eigenvalue weighted by molar-refractivity contribution is 5.19. The van der Waals surface area contributed by atoms with Crippen molar-refractivity contribution in [2.24, 2.45) is 5.92 Å². The van der Waals surface area contributed by atoms with Crippen molar-refractivity contribution in [2.75, 3.05) is 13.1 Å². The van der Waals surface area contributed by atoms with Gasteiger partial charge in [-0.05, 0) is 25.3 Å². The summed E-state index contributed by atoms with van der Waals surface area (Å²) in [7, 11) is 0.